The summed E-state index contributed by atoms with van der Waals surface area (Å²) < 4.78 is 5.45. The molecule has 0 radical (unpaired) electrons. The van der Waals surface area contributed by atoms with Crippen LogP contribution in [0.4, 0.5) is 0 Å². The summed E-state index contributed by atoms with van der Waals surface area (Å²) >= 11 is 0. The molecule has 0 aliphatic carbocycles. The normalized spacial score (nSPS) is 15.8. The second kappa shape index (κ2) is 4.22. The Bertz CT molecular complexity index is 500. The van der Waals surface area contributed by atoms with E-state index in [1.807, 2.05) is 0 Å². The molecule has 2 N–H and O–H groups in total. The van der Waals surface area contributed by atoms with E-state index in [9.17, 15) is 5.11 Å². The van der Waals surface area contributed by atoms with Gasteiger partial charge in [0.1, 0.15) is 12.0 Å². The Morgan fingerprint density at radius 2 is 2.06 bits per heavy atom. The second-order valence-corrected chi connectivity index (χ2v) is 4.42. The zero-order valence-corrected chi connectivity index (χ0v) is 9.39. The maximum absolute atomic E-state index is 9.21. The van der Waals surface area contributed by atoms with Crippen LogP contribution in [0, 0.1) is 5.92 Å². The van der Waals surface area contributed by atoms with Crippen molar-refractivity contribution in [2.45, 2.75) is 6.42 Å². The van der Waals surface area contributed by atoms with Crippen LogP contribution >= 0.6 is 0 Å². The molecule has 1 fully saturated rings. The van der Waals surface area contributed by atoms with E-state index in [0.717, 1.165) is 30.8 Å². The third kappa shape index (κ3) is 2.17. The predicted molar refractivity (Wildman–Crippen MR) is 63.7 cm³/mol. The van der Waals surface area contributed by atoms with Crippen molar-refractivity contribution in [1.82, 2.24) is 10.3 Å². The Labute approximate surface area is 99.3 Å². The molecule has 17 heavy (non-hydrogen) atoms. The van der Waals surface area contributed by atoms with Crippen LogP contribution in [0.2, 0.25) is 0 Å². The van der Waals surface area contributed by atoms with E-state index in [-0.39, 0.29) is 5.75 Å². The quantitative estimate of drug-likeness (QED) is 0.844. The number of phenols is 1. The first-order valence-corrected chi connectivity index (χ1v) is 5.76. The first-order chi connectivity index (χ1) is 8.31. The van der Waals surface area contributed by atoms with Gasteiger partial charge in [0, 0.05) is 5.56 Å². The van der Waals surface area contributed by atoms with E-state index in [2.05, 4.69) is 10.3 Å². The molecular formula is C13H14N2O2. The summed E-state index contributed by atoms with van der Waals surface area (Å²) in [7, 11) is 0. The minimum absolute atomic E-state index is 0.251. The average Bonchev–Trinajstić information content (AvgIpc) is 2.73. The Morgan fingerprint density at radius 1 is 1.29 bits per heavy atom. The van der Waals surface area contributed by atoms with Gasteiger partial charge in [0.2, 0.25) is 5.89 Å². The number of aromatic nitrogens is 1. The van der Waals surface area contributed by atoms with Crippen LogP contribution < -0.4 is 5.32 Å². The van der Waals surface area contributed by atoms with Crippen molar-refractivity contribution < 1.29 is 9.52 Å². The largest absolute Gasteiger partial charge is 0.508 e. The van der Waals surface area contributed by atoms with Gasteiger partial charge in [-0.2, -0.15) is 0 Å². The van der Waals surface area contributed by atoms with Gasteiger partial charge in [0.05, 0.1) is 5.69 Å². The summed E-state index contributed by atoms with van der Waals surface area (Å²) in [4.78, 5) is 4.46. The molecule has 88 valence electrons. The summed E-state index contributed by atoms with van der Waals surface area (Å²) in [5.74, 6) is 1.56. The number of nitrogens with zero attached hydrogens (tertiary/aromatic N) is 1. The first kappa shape index (κ1) is 10.4. The van der Waals surface area contributed by atoms with E-state index >= 15 is 0 Å². The van der Waals surface area contributed by atoms with Gasteiger partial charge in [0.25, 0.3) is 0 Å². The molecule has 2 heterocycles. The van der Waals surface area contributed by atoms with Crippen molar-refractivity contribution in [2.75, 3.05) is 13.1 Å². The van der Waals surface area contributed by atoms with Gasteiger partial charge in [-0.15, -0.1) is 0 Å². The van der Waals surface area contributed by atoms with Gasteiger partial charge in [0.15, 0.2) is 0 Å². The Kier molecular flexibility index (Phi) is 2.57. The monoisotopic (exact) mass is 230 g/mol. The van der Waals surface area contributed by atoms with E-state index < -0.39 is 0 Å². The summed E-state index contributed by atoms with van der Waals surface area (Å²) in [5, 5.41) is 12.4. The lowest BCUT2D eigenvalue weighted by Gasteiger charge is -2.25. The minimum atomic E-state index is 0.251. The van der Waals surface area contributed by atoms with Crippen LogP contribution in [-0.2, 0) is 6.42 Å². The third-order valence-corrected chi connectivity index (χ3v) is 3.03. The smallest absolute Gasteiger partial charge is 0.226 e. The lowest BCUT2D eigenvalue weighted by molar-refractivity contribution is 0.344. The molecule has 1 saturated heterocycles. The number of hydrogen-bond acceptors (Lipinski definition) is 4. The van der Waals surface area contributed by atoms with Crippen LogP contribution in [-0.4, -0.2) is 23.2 Å². The number of phenolic OH excluding ortho intramolecular Hbond substituents is 1. The lowest BCUT2D eigenvalue weighted by atomic mass is 9.98. The molecule has 0 atom stereocenters. The van der Waals surface area contributed by atoms with Crippen molar-refractivity contribution in [2.24, 2.45) is 5.92 Å². The molecule has 0 spiro atoms. The van der Waals surface area contributed by atoms with Crippen LogP contribution in [0.1, 0.15) is 5.69 Å². The second-order valence-electron chi connectivity index (χ2n) is 4.42. The molecule has 1 aromatic carbocycles. The van der Waals surface area contributed by atoms with Crippen LogP contribution in [0.25, 0.3) is 11.5 Å². The zero-order valence-electron chi connectivity index (χ0n) is 9.39. The van der Waals surface area contributed by atoms with Crippen LogP contribution in [0.15, 0.2) is 34.9 Å². The van der Waals surface area contributed by atoms with Crippen molar-refractivity contribution in [3.8, 4) is 17.2 Å². The molecule has 4 nitrogen and oxygen atoms in total. The fraction of sp³-hybridized carbons (Fsp3) is 0.308. The Balaban J connectivity index is 1.76. The van der Waals surface area contributed by atoms with Gasteiger partial charge in [-0.05, 0) is 49.7 Å². The molecule has 2 aromatic rings. The molecule has 1 aliphatic heterocycles. The molecule has 1 aromatic heterocycles. The maximum atomic E-state index is 9.21. The lowest BCUT2D eigenvalue weighted by Crippen LogP contribution is -2.43. The topological polar surface area (TPSA) is 58.3 Å². The van der Waals surface area contributed by atoms with E-state index in [4.69, 9.17) is 4.42 Å². The van der Waals surface area contributed by atoms with Crippen LogP contribution in [0.5, 0.6) is 5.75 Å². The first-order valence-electron chi connectivity index (χ1n) is 5.76. The van der Waals surface area contributed by atoms with Crippen molar-refractivity contribution in [1.29, 1.82) is 0 Å². The highest BCUT2D eigenvalue weighted by molar-refractivity contribution is 5.54. The minimum Gasteiger partial charge on any atom is -0.508 e. The van der Waals surface area contributed by atoms with Crippen LogP contribution in [0.3, 0.4) is 0 Å². The molecule has 0 bridgehead atoms. The Hall–Kier alpha value is -1.81. The Morgan fingerprint density at radius 3 is 2.71 bits per heavy atom. The van der Waals surface area contributed by atoms with Gasteiger partial charge in [-0.25, -0.2) is 4.98 Å². The van der Waals surface area contributed by atoms with E-state index in [0.29, 0.717) is 11.8 Å². The number of nitrogens with one attached hydrogen (secondary N) is 1. The van der Waals surface area contributed by atoms with Gasteiger partial charge in [-0.1, -0.05) is 0 Å². The van der Waals surface area contributed by atoms with E-state index in [1.165, 1.54) is 0 Å². The molecule has 0 saturated carbocycles. The summed E-state index contributed by atoms with van der Waals surface area (Å²) in [6, 6.07) is 6.87. The fourth-order valence-corrected chi connectivity index (χ4v) is 1.93. The van der Waals surface area contributed by atoms with Crippen molar-refractivity contribution >= 4 is 0 Å². The number of oxazole rings is 1. The van der Waals surface area contributed by atoms with Gasteiger partial charge < -0.3 is 14.8 Å². The van der Waals surface area contributed by atoms with Crippen molar-refractivity contribution in [3.63, 3.8) is 0 Å². The molecular weight excluding hydrogens is 216 g/mol. The van der Waals surface area contributed by atoms with Crippen molar-refractivity contribution in [3.05, 3.63) is 36.2 Å². The van der Waals surface area contributed by atoms with E-state index in [1.54, 1.807) is 30.5 Å². The predicted octanol–water partition coefficient (Wildman–Crippen LogP) is 1.81. The number of aromatic hydroxyl groups is 1. The summed E-state index contributed by atoms with van der Waals surface area (Å²) in [6.45, 7) is 2.14. The molecule has 4 heteroatoms. The van der Waals surface area contributed by atoms with Gasteiger partial charge >= 0.3 is 0 Å². The summed E-state index contributed by atoms with van der Waals surface area (Å²) in [6.07, 6.45) is 2.69. The molecule has 0 unspecified atom stereocenters. The number of hydrogen-bond donors (Lipinski definition) is 2. The fourth-order valence-electron chi connectivity index (χ4n) is 1.93. The molecule has 0 amide bonds. The SMILES string of the molecule is Oc1ccc(-c2nc(CC3CNC3)co2)cc1. The maximum Gasteiger partial charge on any atom is 0.226 e. The highest BCUT2D eigenvalue weighted by Gasteiger charge is 2.19. The third-order valence-electron chi connectivity index (χ3n) is 3.03. The molecule has 3 rings (SSSR count). The average molecular weight is 230 g/mol. The number of rotatable bonds is 3. The molecule has 1 aliphatic rings. The summed E-state index contributed by atoms with van der Waals surface area (Å²) in [5.41, 5.74) is 1.89. The zero-order chi connectivity index (χ0) is 11.7. The highest BCUT2D eigenvalue weighted by atomic mass is 16.3. The highest BCUT2D eigenvalue weighted by Crippen LogP contribution is 2.22. The standard InChI is InChI=1S/C13H14N2O2/c16-12-3-1-10(2-4-12)13-15-11(8-17-13)5-9-6-14-7-9/h1-4,8-9,14,16H,5-7H2. The van der Waals surface area contributed by atoms with Gasteiger partial charge in [-0.3, -0.25) is 0 Å². The number of benzene rings is 1.